The summed E-state index contributed by atoms with van der Waals surface area (Å²) in [7, 11) is 3.89. The van der Waals surface area contributed by atoms with E-state index in [9.17, 15) is 18.0 Å². The third kappa shape index (κ3) is 5.46. The Morgan fingerprint density at radius 2 is 1.79 bits per heavy atom. The molecule has 5 nitrogen and oxygen atoms in total. The van der Waals surface area contributed by atoms with Crippen LogP contribution >= 0.6 is 0 Å². The van der Waals surface area contributed by atoms with Crippen LogP contribution in [-0.2, 0) is 12.7 Å². The van der Waals surface area contributed by atoms with Crippen LogP contribution in [-0.4, -0.2) is 47.8 Å². The molecule has 3 aromatic carbocycles. The number of benzene rings is 3. The molecule has 0 spiro atoms. The lowest BCUT2D eigenvalue weighted by molar-refractivity contribution is -0.137. The van der Waals surface area contributed by atoms with Gasteiger partial charge in [0.2, 0.25) is 0 Å². The number of aromatic nitrogens is 2. The van der Waals surface area contributed by atoms with Crippen molar-refractivity contribution in [3.63, 3.8) is 0 Å². The average molecular weight is 467 g/mol. The van der Waals surface area contributed by atoms with Gasteiger partial charge in [-0.15, -0.1) is 0 Å². The summed E-state index contributed by atoms with van der Waals surface area (Å²) < 4.78 is 40.8. The molecule has 0 saturated carbocycles. The number of amides is 1. The van der Waals surface area contributed by atoms with Gasteiger partial charge in [-0.25, -0.2) is 0 Å². The predicted molar refractivity (Wildman–Crippen MR) is 127 cm³/mol. The van der Waals surface area contributed by atoms with Crippen molar-refractivity contribution in [3.05, 3.63) is 89.6 Å². The van der Waals surface area contributed by atoms with E-state index in [0.29, 0.717) is 17.7 Å². The van der Waals surface area contributed by atoms with Crippen LogP contribution < -0.4 is 5.32 Å². The predicted octanol–water partition coefficient (Wildman–Crippen LogP) is 5.06. The van der Waals surface area contributed by atoms with E-state index in [4.69, 9.17) is 0 Å². The zero-order chi connectivity index (χ0) is 24.3. The van der Waals surface area contributed by atoms with Gasteiger partial charge in [0.15, 0.2) is 0 Å². The standard InChI is InChI=1S/C26H25F3N4O/c1-32(2)13-12-30-25(34)20-8-4-7-19(15-20)23-11-5-9-21-17-33(31-24(21)23)16-18-6-3-10-22(14-18)26(27,28)29/h3-11,14-15,17H,12-13,16H2,1-2H3,(H,30,34). The van der Waals surface area contributed by atoms with E-state index in [2.05, 4.69) is 10.4 Å². The number of likely N-dealkylation sites (N-methyl/N-ethyl adjacent to an activating group) is 1. The second-order valence-corrected chi connectivity index (χ2v) is 8.41. The summed E-state index contributed by atoms with van der Waals surface area (Å²) in [6.45, 7) is 1.51. The summed E-state index contributed by atoms with van der Waals surface area (Å²) >= 11 is 0. The molecule has 0 aliphatic heterocycles. The lowest BCUT2D eigenvalue weighted by atomic mass is 10.0. The largest absolute Gasteiger partial charge is 0.416 e. The molecule has 0 saturated heterocycles. The normalized spacial score (nSPS) is 11.8. The maximum Gasteiger partial charge on any atom is 0.416 e. The van der Waals surface area contributed by atoms with E-state index in [1.165, 1.54) is 6.07 Å². The smallest absolute Gasteiger partial charge is 0.351 e. The first-order valence-corrected chi connectivity index (χ1v) is 10.9. The number of alkyl halides is 3. The van der Waals surface area contributed by atoms with Gasteiger partial charge in [0.05, 0.1) is 12.1 Å². The van der Waals surface area contributed by atoms with Crippen LogP contribution in [0.2, 0.25) is 0 Å². The molecule has 0 fully saturated rings. The summed E-state index contributed by atoms with van der Waals surface area (Å²) in [4.78, 5) is 14.5. The first-order chi connectivity index (χ1) is 16.2. The molecule has 1 amide bonds. The maximum absolute atomic E-state index is 13.1. The van der Waals surface area contributed by atoms with Gasteiger partial charge in [-0.05, 0) is 49.5 Å². The summed E-state index contributed by atoms with van der Waals surface area (Å²) in [5, 5.41) is 8.43. The Labute approximate surface area is 195 Å². The van der Waals surface area contributed by atoms with Gasteiger partial charge in [0.25, 0.3) is 5.91 Å². The number of nitrogens with one attached hydrogen (secondary N) is 1. The molecule has 34 heavy (non-hydrogen) atoms. The molecule has 4 aromatic rings. The van der Waals surface area contributed by atoms with Gasteiger partial charge < -0.3 is 10.2 Å². The highest BCUT2D eigenvalue weighted by Gasteiger charge is 2.30. The number of rotatable bonds is 7. The number of hydrogen-bond donors (Lipinski definition) is 1. The van der Waals surface area contributed by atoms with E-state index in [1.54, 1.807) is 16.8 Å². The molecule has 0 radical (unpaired) electrons. The lowest BCUT2D eigenvalue weighted by Gasteiger charge is -2.11. The van der Waals surface area contributed by atoms with Crippen molar-refractivity contribution in [3.8, 4) is 11.1 Å². The highest BCUT2D eigenvalue weighted by molar-refractivity contribution is 5.98. The molecule has 0 bridgehead atoms. The van der Waals surface area contributed by atoms with E-state index in [1.807, 2.05) is 61.6 Å². The molecule has 0 aliphatic rings. The first-order valence-electron chi connectivity index (χ1n) is 10.9. The molecule has 1 N–H and O–H groups in total. The topological polar surface area (TPSA) is 50.2 Å². The number of fused-ring (bicyclic) bond motifs is 1. The Morgan fingerprint density at radius 1 is 1.03 bits per heavy atom. The molecular weight excluding hydrogens is 441 g/mol. The van der Waals surface area contributed by atoms with Crippen LogP contribution in [0, 0.1) is 0 Å². The third-order valence-corrected chi connectivity index (χ3v) is 5.46. The van der Waals surface area contributed by atoms with Crippen LogP contribution in [0.1, 0.15) is 21.5 Å². The van der Waals surface area contributed by atoms with Gasteiger partial charge in [0.1, 0.15) is 5.52 Å². The number of nitrogens with zero attached hydrogens (tertiary/aromatic N) is 3. The number of carbonyl (C=O) groups excluding carboxylic acids is 1. The van der Waals surface area contributed by atoms with Gasteiger partial charge >= 0.3 is 6.18 Å². The number of halogens is 3. The fourth-order valence-corrected chi connectivity index (χ4v) is 3.77. The Balaban J connectivity index is 1.60. The SMILES string of the molecule is CN(C)CCNC(=O)c1cccc(-c2cccc3cn(Cc4cccc(C(F)(F)F)c4)nc23)c1. The second-order valence-electron chi connectivity index (χ2n) is 8.41. The fraction of sp³-hybridized carbons (Fsp3) is 0.231. The van der Waals surface area contributed by atoms with Crippen molar-refractivity contribution < 1.29 is 18.0 Å². The van der Waals surface area contributed by atoms with Gasteiger partial charge in [-0.1, -0.05) is 42.5 Å². The second kappa shape index (κ2) is 9.69. The van der Waals surface area contributed by atoms with Gasteiger partial charge in [-0.3, -0.25) is 9.48 Å². The Morgan fingerprint density at radius 3 is 2.56 bits per heavy atom. The molecule has 1 aromatic heterocycles. The van der Waals surface area contributed by atoms with Gasteiger partial charge in [-0.2, -0.15) is 18.3 Å². The quantitative estimate of drug-likeness (QED) is 0.414. The first kappa shape index (κ1) is 23.5. The Hall–Kier alpha value is -3.65. The van der Waals surface area contributed by atoms with Crippen LogP contribution in [0.5, 0.6) is 0 Å². The van der Waals surface area contributed by atoms with Crippen molar-refractivity contribution in [2.45, 2.75) is 12.7 Å². The van der Waals surface area contributed by atoms with Crippen molar-refractivity contribution in [1.82, 2.24) is 20.0 Å². The molecule has 0 atom stereocenters. The number of hydrogen-bond acceptors (Lipinski definition) is 3. The molecule has 8 heteroatoms. The van der Waals surface area contributed by atoms with E-state index < -0.39 is 11.7 Å². The van der Waals surface area contributed by atoms with Crippen molar-refractivity contribution in [1.29, 1.82) is 0 Å². The van der Waals surface area contributed by atoms with Crippen LogP contribution in [0.4, 0.5) is 13.2 Å². The van der Waals surface area contributed by atoms with Crippen molar-refractivity contribution >= 4 is 16.8 Å². The summed E-state index contributed by atoms with van der Waals surface area (Å²) in [5.74, 6) is -0.147. The van der Waals surface area contributed by atoms with Crippen LogP contribution in [0.25, 0.3) is 22.0 Å². The highest BCUT2D eigenvalue weighted by atomic mass is 19.4. The Kier molecular flexibility index (Phi) is 6.70. The number of carbonyl (C=O) groups is 1. The fourth-order valence-electron chi connectivity index (χ4n) is 3.77. The van der Waals surface area contributed by atoms with E-state index in [-0.39, 0.29) is 12.5 Å². The monoisotopic (exact) mass is 466 g/mol. The molecule has 0 aliphatic carbocycles. The lowest BCUT2D eigenvalue weighted by Crippen LogP contribution is -2.31. The van der Waals surface area contributed by atoms with Crippen molar-refractivity contribution in [2.75, 3.05) is 27.2 Å². The summed E-state index contributed by atoms with van der Waals surface area (Å²) in [6.07, 6.45) is -2.57. The van der Waals surface area contributed by atoms with Crippen molar-refractivity contribution in [2.24, 2.45) is 0 Å². The highest BCUT2D eigenvalue weighted by Crippen LogP contribution is 2.31. The molecule has 1 heterocycles. The molecule has 176 valence electrons. The van der Waals surface area contributed by atoms with Gasteiger partial charge in [0, 0.05) is 35.8 Å². The summed E-state index contributed by atoms with van der Waals surface area (Å²) in [5.41, 5.74) is 2.80. The van der Waals surface area contributed by atoms with E-state index >= 15 is 0 Å². The third-order valence-electron chi connectivity index (χ3n) is 5.46. The van der Waals surface area contributed by atoms with Crippen LogP contribution in [0.15, 0.2) is 72.9 Å². The van der Waals surface area contributed by atoms with E-state index in [0.717, 1.165) is 40.7 Å². The maximum atomic E-state index is 13.1. The minimum atomic E-state index is -4.39. The summed E-state index contributed by atoms with van der Waals surface area (Å²) in [6, 6.07) is 18.3. The minimum Gasteiger partial charge on any atom is -0.351 e. The zero-order valence-corrected chi connectivity index (χ0v) is 18.9. The average Bonchev–Trinajstić information content (AvgIpc) is 3.21. The molecular formula is C26H25F3N4O. The van der Waals surface area contributed by atoms with Crippen LogP contribution in [0.3, 0.4) is 0 Å². The minimum absolute atomic E-state index is 0.147. The molecule has 4 rings (SSSR count). The Bertz CT molecular complexity index is 1310. The zero-order valence-electron chi connectivity index (χ0n) is 18.9. The molecule has 0 unspecified atom stereocenters.